The molecule has 0 aromatic carbocycles. The molecule has 2 rings (SSSR count). The second-order valence-electron chi connectivity index (χ2n) is 5.82. The van der Waals surface area contributed by atoms with E-state index in [2.05, 4.69) is 17.3 Å². The number of ether oxygens (including phenoxy) is 1. The van der Waals surface area contributed by atoms with Gasteiger partial charge in [-0.25, -0.2) is 0 Å². The van der Waals surface area contributed by atoms with Crippen LogP contribution in [0.4, 0.5) is 0 Å². The summed E-state index contributed by atoms with van der Waals surface area (Å²) in [7, 11) is 1.39. The molecule has 1 aliphatic heterocycles. The molecule has 0 bridgehead atoms. The predicted molar refractivity (Wildman–Crippen MR) is 79.2 cm³/mol. The molecule has 118 valence electrons. The van der Waals surface area contributed by atoms with E-state index in [9.17, 15) is 9.59 Å². The van der Waals surface area contributed by atoms with E-state index < -0.39 is 6.04 Å². The van der Waals surface area contributed by atoms with Crippen LogP contribution in [0.3, 0.4) is 0 Å². The molecule has 0 unspecified atom stereocenters. The summed E-state index contributed by atoms with van der Waals surface area (Å²) in [5, 5.41) is 12.3. The van der Waals surface area contributed by atoms with Crippen molar-refractivity contribution in [1.82, 2.24) is 10.2 Å². The molecule has 0 aromatic heterocycles. The van der Waals surface area contributed by atoms with E-state index in [1.54, 1.807) is 0 Å². The molecule has 22 heavy (non-hydrogen) atoms. The number of carbonyl (C=O) groups is 2. The first kappa shape index (κ1) is 16.3. The fourth-order valence-corrected chi connectivity index (χ4v) is 3.32. The van der Waals surface area contributed by atoms with Gasteiger partial charge >= 0.3 is 5.97 Å². The molecule has 0 aromatic rings. The molecule has 0 spiro atoms. The van der Waals surface area contributed by atoms with Gasteiger partial charge in [0, 0.05) is 6.04 Å². The first-order chi connectivity index (χ1) is 10.6. The lowest BCUT2D eigenvalue weighted by Crippen LogP contribution is -2.46. The van der Waals surface area contributed by atoms with Crippen LogP contribution in [-0.2, 0) is 14.3 Å². The number of terminal acetylenes is 1. The van der Waals surface area contributed by atoms with Crippen molar-refractivity contribution in [3.63, 3.8) is 0 Å². The number of carbonyl (C=O) groups excluding carboxylic acids is 2. The van der Waals surface area contributed by atoms with Crippen molar-refractivity contribution in [2.75, 3.05) is 13.7 Å². The van der Waals surface area contributed by atoms with Gasteiger partial charge in [-0.3, -0.25) is 9.59 Å². The highest BCUT2D eigenvalue weighted by atomic mass is 16.5. The standard InChI is InChI=1S/C16H21N3O3/c1-3-13-6-7-14(9-17)19(13)15(20)10-18-12-5-4-11(8-12)16(21)22-2/h1,11-14,18H,4-8,10H2,2H3/t11-,12+,13-,14-/m0/s1. The summed E-state index contributed by atoms with van der Waals surface area (Å²) in [6.45, 7) is 0.148. The zero-order valence-electron chi connectivity index (χ0n) is 12.7. The van der Waals surface area contributed by atoms with Gasteiger partial charge in [0.25, 0.3) is 0 Å². The third-order valence-corrected chi connectivity index (χ3v) is 4.52. The molecule has 0 radical (unpaired) electrons. The maximum absolute atomic E-state index is 12.3. The number of nitriles is 1. The van der Waals surface area contributed by atoms with Crippen molar-refractivity contribution in [3.8, 4) is 18.4 Å². The molecule has 1 N–H and O–H groups in total. The highest BCUT2D eigenvalue weighted by molar-refractivity contribution is 5.80. The Morgan fingerprint density at radius 3 is 2.68 bits per heavy atom. The van der Waals surface area contributed by atoms with Crippen molar-refractivity contribution < 1.29 is 14.3 Å². The van der Waals surface area contributed by atoms with Gasteiger partial charge in [0.05, 0.1) is 31.7 Å². The van der Waals surface area contributed by atoms with Crippen molar-refractivity contribution in [2.24, 2.45) is 5.92 Å². The zero-order chi connectivity index (χ0) is 16.1. The predicted octanol–water partition coefficient (Wildman–Crippen LogP) is 0.434. The number of nitrogens with zero attached hydrogens (tertiary/aromatic N) is 2. The third-order valence-electron chi connectivity index (χ3n) is 4.52. The summed E-state index contributed by atoms with van der Waals surface area (Å²) in [6, 6.07) is 1.55. The van der Waals surface area contributed by atoms with E-state index in [1.165, 1.54) is 12.0 Å². The normalized spacial score (nSPS) is 30.6. The van der Waals surface area contributed by atoms with E-state index in [1.807, 2.05) is 0 Å². The van der Waals surface area contributed by atoms with Gasteiger partial charge in [-0.15, -0.1) is 6.42 Å². The number of rotatable bonds is 4. The molecule has 1 saturated heterocycles. The average molecular weight is 303 g/mol. The number of methoxy groups -OCH3 is 1. The topological polar surface area (TPSA) is 82.4 Å². The number of esters is 1. The quantitative estimate of drug-likeness (QED) is 0.602. The Bertz CT molecular complexity index is 498. The molecule has 2 fully saturated rings. The van der Waals surface area contributed by atoms with E-state index in [-0.39, 0.29) is 36.4 Å². The van der Waals surface area contributed by atoms with Gasteiger partial charge in [-0.2, -0.15) is 5.26 Å². The van der Waals surface area contributed by atoms with E-state index in [0.29, 0.717) is 19.3 Å². The molecule has 2 aliphatic rings. The number of hydrogen-bond acceptors (Lipinski definition) is 5. The van der Waals surface area contributed by atoms with Crippen molar-refractivity contribution in [1.29, 1.82) is 5.26 Å². The molecule has 1 heterocycles. The summed E-state index contributed by atoms with van der Waals surface area (Å²) in [6.07, 6.45) is 9.04. The van der Waals surface area contributed by atoms with E-state index in [0.717, 1.165) is 12.8 Å². The number of nitrogens with one attached hydrogen (secondary N) is 1. The summed E-state index contributed by atoms with van der Waals surface area (Å²) < 4.78 is 4.75. The number of hydrogen-bond donors (Lipinski definition) is 1. The Balaban J connectivity index is 1.84. The van der Waals surface area contributed by atoms with E-state index in [4.69, 9.17) is 16.4 Å². The summed E-state index contributed by atoms with van der Waals surface area (Å²) in [4.78, 5) is 25.3. The lowest BCUT2D eigenvalue weighted by molar-refractivity contribution is -0.145. The summed E-state index contributed by atoms with van der Waals surface area (Å²) >= 11 is 0. The van der Waals surface area contributed by atoms with Crippen molar-refractivity contribution >= 4 is 11.9 Å². The largest absolute Gasteiger partial charge is 0.469 e. The molecule has 1 amide bonds. The fraction of sp³-hybridized carbons (Fsp3) is 0.688. The molecule has 4 atom stereocenters. The summed E-state index contributed by atoms with van der Waals surface area (Å²) in [5.41, 5.74) is 0. The van der Waals surface area contributed by atoms with Gasteiger partial charge in [0.1, 0.15) is 6.04 Å². The fourth-order valence-electron chi connectivity index (χ4n) is 3.32. The first-order valence-corrected chi connectivity index (χ1v) is 7.58. The van der Waals surface area contributed by atoms with Crippen LogP contribution in [0.25, 0.3) is 0 Å². The maximum atomic E-state index is 12.3. The lowest BCUT2D eigenvalue weighted by Gasteiger charge is -2.25. The highest BCUT2D eigenvalue weighted by Crippen LogP contribution is 2.27. The molecular formula is C16H21N3O3. The minimum absolute atomic E-state index is 0.0882. The number of likely N-dealkylation sites (tertiary alicyclic amines) is 1. The van der Waals surface area contributed by atoms with Crippen molar-refractivity contribution in [2.45, 2.75) is 50.2 Å². The number of amides is 1. The average Bonchev–Trinajstić information content (AvgIpc) is 3.17. The van der Waals surface area contributed by atoms with Crippen LogP contribution in [0.15, 0.2) is 0 Å². The second kappa shape index (κ2) is 7.29. The van der Waals surface area contributed by atoms with Crippen LogP contribution in [0.1, 0.15) is 32.1 Å². The van der Waals surface area contributed by atoms with Gasteiger partial charge in [-0.1, -0.05) is 5.92 Å². The molecular weight excluding hydrogens is 282 g/mol. The maximum Gasteiger partial charge on any atom is 0.308 e. The van der Waals surface area contributed by atoms with Crippen LogP contribution >= 0.6 is 0 Å². The minimum atomic E-state index is -0.429. The summed E-state index contributed by atoms with van der Waals surface area (Å²) in [5.74, 6) is 2.16. The molecule has 1 aliphatic carbocycles. The monoisotopic (exact) mass is 303 g/mol. The van der Waals surface area contributed by atoms with Crippen LogP contribution < -0.4 is 5.32 Å². The van der Waals surface area contributed by atoms with Crippen LogP contribution in [-0.4, -0.2) is 48.6 Å². The Morgan fingerprint density at radius 2 is 2.05 bits per heavy atom. The second-order valence-corrected chi connectivity index (χ2v) is 5.82. The Morgan fingerprint density at radius 1 is 1.32 bits per heavy atom. The van der Waals surface area contributed by atoms with Crippen LogP contribution in [0.2, 0.25) is 0 Å². The van der Waals surface area contributed by atoms with Crippen LogP contribution in [0.5, 0.6) is 0 Å². The molecule has 6 heteroatoms. The molecule has 1 saturated carbocycles. The Hall–Kier alpha value is -2.05. The molecule has 6 nitrogen and oxygen atoms in total. The third kappa shape index (κ3) is 3.40. The smallest absolute Gasteiger partial charge is 0.308 e. The van der Waals surface area contributed by atoms with E-state index >= 15 is 0 Å². The Labute approximate surface area is 130 Å². The van der Waals surface area contributed by atoms with Gasteiger partial charge in [0.2, 0.25) is 5.91 Å². The first-order valence-electron chi connectivity index (χ1n) is 7.58. The minimum Gasteiger partial charge on any atom is -0.469 e. The van der Waals surface area contributed by atoms with Gasteiger partial charge in [0.15, 0.2) is 0 Å². The zero-order valence-corrected chi connectivity index (χ0v) is 12.7. The lowest BCUT2D eigenvalue weighted by atomic mass is 10.1. The van der Waals surface area contributed by atoms with Crippen molar-refractivity contribution in [3.05, 3.63) is 0 Å². The van der Waals surface area contributed by atoms with Gasteiger partial charge < -0.3 is 15.0 Å². The SMILES string of the molecule is C#C[C@H]1CC[C@@H](C#N)N1C(=O)CN[C@@H]1CC[C@H](C(=O)OC)C1. The highest BCUT2D eigenvalue weighted by Gasteiger charge is 2.36. The van der Waals surface area contributed by atoms with Gasteiger partial charge in [-0.05, 0) is 32.1 Å². The Kier molecular flexibility index (Phi) is 5.41. The van der Waals surface area contributed by atoms with Crippen LogP contribution in [0, 0.1) is 29.6 Å².